The molecule has 0 N–H and O–H groups in total. The van der Waals surface area contributed by atoms with Crippen molar-refractivity contribution in [1.29, 1.82) is 0 Å². The zero-order valence-electron chi connectivity index (χ0n) is 13.6. The Morgan fingerprint density at radius 2 is 1.83 bits per heavy atom. The fraction of sp³-hybridized carbons (Fsp3) is 0.316. The lowest BCUT2D eigenvalue weighted by Gasteiger charge is -2.27. The minimum absolute atomic E-state index is 0.0543. The fourth-order valence-electron chi connectivity index (χ4n) is 3.23. The molecule has 0 aliphatic carbocycles. The molecule has 0 radical (unpaired) electrons. The number of Topliss-reactive ketones (excluding diaryl/α,β-unsaturated/α-hetero) is 1. The minimum atomic E-state index is -0.346. The quantitative estimate of drug-likeness (QED) is 0.849. The van der Waals surface area contributed by atoms with Gasteiger partial charge in [0.05, 0.1) is 18.6 Å². The topological polar surface area (TPSA) is 54.0 Å². The molecule has 2 aromatic rings. The van der Waals surface area contributed by atoms with Crippen molar-refractivity contribution >= 4 is 5.78 Å². The first-order chi connectivity index (χ1) is 11.7. The summed E-state index contributed by atoms with van der Waals surface area (Å²) in [6.45, 7) is 3.27. The fourth-order valence-corrected chi connectivity index (χ4v) is 3.23. The zero-order valence-corrected chi connectivity index (χ0v) is 13.6. The van der Waals surface area contributed by atoms with E-state index in [-0.39, 0.29) is 11.7 Å². The van der Waals surface area contributed by atoms with E-state index in [1.165, 1.54) is 0 Å². The molecular weight excluding hydrogens is 308 g/mol. The average Bonchev–Trinajstić information content (AvgIpc) is 2.62. The summed E-state index contributed by atoms with van der Waals surface area (Å²) < 4.78 is 22.4. The van der Waals surface area contributed by atoms with Crippen molar-refractivity contribution < 1.29 is 23.7 Å². The lowest BCUT2D eigenvalue weighted by atomic mass is 9.88. The Labute approximate surface area is 140 Å². The van der Waals surface area contributed by atoms with E-state index in [0.717, 1.165) is 22.6 Å². The van der Waals surface area contributed by atoms with E-state index in [0.29, 0.717) is 36.9 Å². The van der Waals surface area contributed by atoms with E-state index in [4.69, 9.17) is 18.9 Å². The van der Waals surface area contributed by atoms with Crippen molar-refractivity contribution in [2.75, 3.05) is 26.9 Å². The highest BCUT2D eigenvalue weighted by Crippen LogP contribution is 2.40. The largest absolute Gasteiger partial charge is 0.496 e. The molecule has 0 unspecified atom stereocenters. The van der Waals surface area contributed by atoms with Crippen molar-refractivity contribution in [2.45, 2.75) is 12.8 Å². The molecule has 0 saturated carbocycles. The second-order valence-electron chi connectivity index (χ2n) is 5.90. The van der Waals surface area contributed by atoms with Gasteiger partial charge in [0.1, 0.15) is 31.3 Å². The molecule has 24 heavy (non-hydrogen) atoms. The maximum Gasteiger partial charge on any atom is 0.177 e. The summed E-state index contributed by atoms with van der Waals surface area (Å²) in [5.41, 5.74) is 2.33. The van der Waals surface area contributed by atoms with Crippen LogP contribution in [0, 0.1) is 6.92 Å². The predicted molar refractivity (Wildman–Crippen MR) is 87.7 cm³/mol. The molecule has 0 aromatic heterocycles. The van der Waals surface area contributed by atoms with Gasteiger partial charge in [0.25, 0.3) is 0 Å². The number of carbonyl (C=O) groups is 1. The maximum absolute atomic E-state index is 12.9. The van der Waals surface area contributed by atoms with Crippen LogP contribution in [0.25, 0.3) is 0 Å². The molecular formula is C19H18O5. The Morgan fingerprint density at radius 3 is 2.62 bits per heavy atom. The van der Waals surface area contributed by atoms with Crippen LogP contribution in [-0.2, 0) is 0 Å². The number of ketones is 1. The molecule has 5 nitrogen and oxygen atoms in total. The third-order valence-corrected chi connectivity index (χ3v) is 4.52. The van der Waals surface area contributed by atoms with Gasteiger partial charge in [0.2, 0.25) is 0 Å². The smallest absolute Gasteiger partial charge is 0.177 e. The van der Waals surface area contributed by atoms with Crippen LogP contribution in [0.15, 0.2) is 30.3 Å². The van der Waals surface area contributed by atoms with Gasteiger partial charge in [0, 0.05) is 5.56 Å². The lowest BCUT2D eigenvalue weighted by Crippen LogP contribution is -2.27. The van der Waals surface area contributed by atoms with Crippen LogP contribution in [0.4, 0.5) is 0 Å². The Balaban J connectivity index is 1.70. The number of fused-ring (bicyclic) bond motifs is 2. The Bertz CT molecular complexity index is 812. The summed E-state index contributed by atoms with van der Waals surface area (Å²) in [6, 6.07) is 9.21. The van der Waals surface area contributed by atoms with Crippen molar-refractivity contribution in [3.8, 4) is 23.0 Å². The number of carbonyl (C=O) groups excluding carboxylic acids is 1. The predicted octanol–water partition coefficient (Wildman–Crippen LogP) is 3.13. The minimum Gasteiger partial charge on any atom is -0.496 e. The van der Waals surface area contributed by atoms with Gasteiger partial charge in [-0.05, 0) is 36.8 Å². The van der Waals surface area contributed by atoms with Gasteiger partial charge in [-0.25, -0.2) is 0 Å². The molecule has 2 heterocycles. The van der Waals surface area contributed by atoms with Crippen LogP contribution in [0.2, 0.25) is 0 Å². The standard InChI is InChI=1S/C19H18O5/c1-11-15(21-2)6-4-13-18(20)14(10-24-19(11)13)12-3-5-16-17(9-12)23-8-7-22-16/h3-6,9,14H,7-8,10H2,1-2H3/t14-/m1/s1. The number of ether oxygens (including phenoxy) is 4. The molecule has 4 rings (SSSR count). The molecule has 0 amide bonds. The van der Waals surface area contributed by atoms with Crippen LogP contribution in [0.5, 0.6) is 23.0 Å². The Hall–Kier alpha value is -2.69. The molecule has 0 spiro atoms. The van der Waals surface area contributed by atoms with E-state index in [1.54, 1.807) is 13.2 Å². The summed E-state index contributed by atoms with van der Waals surface area (Å²) in [4.78, 5) is 12.9. The summed E-state index contributed by atoms with van der Waals surface area (Å²) in [6.07, 6.45) is 0. The van der Waals surface area contributed by atoms with Crippen molar-refractivity contribution in [2.24, 2.45) is 0 Å². The van der Waals surface area contributed by atoms with Crippen LogP contribution >= 0.6 is 0 Å². The molecule has 124 valence electrons. The van der Waals surface area contributed by atoms with Crippen LogP contribution in [-0.4, -0.2) is 32.7 Å². The molecule has 0 fully saturated rings. The Kier molecular flexibility index (Phi) is 3.56. The van der Waals surface area contributed by atoms with E-state index >= 15 is 0 Å². The summed E-state index contributed by atoms with van der Waals surface area (Å²) in [5.74, 6) is 2.45. The summed E-state index contributed by atoms with van der Waals surface area (Å²) >= 11 is 0. The van der Waals surface area contributed by atoms with Crippen molar-refractivity contribution in [1.82, 2.24) is 0 Å². The van der Waals surface area contributed by atoms with Gasteiger partial charge < -0.3 is 18.9 Å². The zero-order chi connectivity index (χ0) is 16.7. The van der Waals surface area contributed by atoms with Crippen LogP contribution in [0.3, 0.4) is 0 Å². The molecule has 5 heteroatoms. The van der Waals surface area contributed by atoms with Gasteiger partial charge in [-0.3, -0.25) is 4.79 Å². The van der Waals surface area contributed by atoms with E-state index in [9.17, 15) is 4.79 Å². The van der Waals surface area contributed by atoms with Gasteiger partial charge in [-0.2, -0.15) is 0 Å². The first-order valence-electron chi connectivity index (χ1n) is 7.93. The SMILES string of the molecule is COc1ccc2c(c1C)OC[C@H](c1ccc3c(c1)OCCO3)C2=O. The van der Waals surface area contributed by atoms with Gasteiger partial charge in [-0.15, -0.1) is 0 Å². The summed E-state index contributed by atoms with van der Waals surface area (Å²) in [5, 5.41) is 0. The van der Waals surface area contributed by atoms with E-state index in [2.05, 4.69) is 0 Å². The molecule has 2 aliphatic rings. The molecule has 0 bridgehead atoms. The molecule has 2 aliphatic heterocycles. The Morgan fingerprint density at radius 1 is 1.04 bits per heavy atom. The molecule has 0 saturated heterocycles. The third-order valence-electron chi connectivity index (χ3n) is 4.52. The number of rotatable bonds is 2. The van der Waals surface area contributed by atoms with Crippen LogP contribution in [0.1, 0.15) is 27.4 Å². The second kappa shape index (κ2) is 5.74. The second-order valence-corrected chi connectivity index (χ2v) is 5.90. The highest BCUT2D eigenvalue weighted by atomic mass is 16.6. The van der Waals surface area contributed by atoms with Gasteiger partial charge >= 0.3 is 0 Å². The van der Waals surface area contributed by atoms with Gasteiger partial charge in [-0.1, -0.05) is 6.07 Å². The number of methoxy groups -OCH3 is 1. The lowest BCUT2D eigenvalue weighted by molar-refractivity contribution is 0.0894. The molecule has 2 aromatic carbocycles. The van der Waals surface area contributed by atoms with Gasteiger partial charge in [0.15, 0.2) is 17.3 Å². The monoisotopic (exact) mass is 326 g/mol. The number of hydrogen-bond donors (Lipinski definition) is 0. The van der Waals surface area contributed by atoms with E-state index in [1.807, 2.05) is 31.2 Å². The van der Waals surface area contributed by atoms with Crippen molar-refractivity contribution in [3.05, 3.63) is 47.0 Å². The average molecular weight is 326 g/mol. The number of benzene rings is 2. The highest BCUT2D eigenvalue weighted by Gasteiger charge is 2.32. The number of hydrogen-bond acceptors (Lipinski definition) is 5. The highest BCUT2D eigenvalue weighted by molar-refractivity contribution is 6.04. The first-order valence-corrected chi connectivity index (χ1v) is 7.93. The maximum atomic E-state index is 12.9. The molecule has 1 atom stereocenters. The van der Waals surface area contributed by atoms with E-state index < -0.39 is 0 Å². The third kappa shape index (κ3) is 2.28. The van der Waals surface area contributed by atoms with Crippen LogP contribution < -0.4 is 18.9 Å². The summed E-state index contributed by atoms with van der Waals surface area (Å²) in [7, 11) is 1.61. The normalized spacial score (nSPS) is 18.6. The van der Waals surface area contributed by atoms with Crippen molar-refractivity contribution in [3.63, 3.8) is 0 Å². The first kappa shape index (κ1) is 14.9.